The van der Waals surface area contributed by atoms with Gasteiger partial charge in [-0.1, -0.05) is 22.0 Å². The van der Waals surface area contributed by atoms with Crippen LogP contribution in [-0.2, 0) is 6.54 Å². The number of halogens is 3. The fourth-order valence-electron chi connectivity index (χ4n) is 1.62. The van der Waals surface area contributed by atoms with E-state index in [1.807, 2.05) is 0 Å². The molecule has 19 heavy (non-hydrogen) atoms. The van der Waals surface area contributed by atoms with E-state index in [1.165, 1.54) is 19.2 Å². The molecular formula is C14H12BrF2NO. The molecule has 1 N–H and O–H groups in total. The quantitative estimate of drug-likeness (QED) is 0.901. The Balaban J connectivity index is 2.12. The highest BCUT2D eigenvalue weighted by atomic mass is 79.9. The Kier molecular flexibility index (Phi) is 4.37. The molecule has 0 aliphatic rings. The highest BCUT2D eigenvalue weighted by molar-refractivity contribution is 9.10. The summed E-state index contributed by atoms with van der Waals surface area (Å²) in [5.41, 5.74) is 0.768. The number of ether oxygens (including phenoxy) is 1. The maximum atomic E-state index is 13.7. The van der Waals surface area contributed by atoms with Crippen molar-refractivity contribution in [2.75, 3.05) is 12.4 Å². The maximum absolute atomic E-state index is 13.7. The smallest absolute Gasteiger partial charge is 0.146 e. The highest BCUT2D eigenvalue weighted by Gasteiger charge is 2.06. The maximum Gasteiger partial charge on any atom is 0.146 e. The second-order valence-corrected chi connectivity index (χ2v) is 4.85. The van der Waals surface area contributed by atoms with Crippen molar-refractivity contribution in [3.63, 3.8) is 0 Å². The molecule has 0 amide bonds. The minimum Gasteiger partial charge on any atom is -0.497 e. The summed E-state index contributed by atoms with van der Waals surface area (Å²) >= 11 is 3.26. The van der Waals surface area contributed by atoms with Gasteiger partial charge in [-0.05, 0) is 24.3 Å². The summed E-state index contributed by atoms with van der Waals surface area (Å²) < 4.78 is 32.9. The molecule has 0 aliphatic carbocycles. The molecule has 2 aromatic rings. The van der Waals surface area contributed by atoms with Gasteiger partial charge in [-0.25, -0.2) is 8.78 Å². The number of benzene rings is 2. The summed E-state index contributed by atoms with van der Waals surface area (Å²) in [5.74, 6) is -0.311. The van der Waals surface area contributed by atoms with Crippen molar-refractivity contribution < 1.29 is 13.5 Å². The zero-order chi connectivity index (χ0) is 13.8. The lowest BCUT2D eigenvalue weighted by Crippen LogP contribution is -2.03. The third-order valence-corrected chi connectivity index (χ3v) is 3.15. The molecule has 2 nitrogen and oxygen atoms in total. The molecule has 0 aliphatic heterocycles. The van der Waals surface area contributed by atoms with Crippen molar-refractivity contribution in [1.82, 2.24) is 0 Å². The Labute approximate surface area is 118 Å². The van der Waals surface area contributed by atoms with Crippen molar-refractivity contribution in [1.29, 1.82) is 0 Å². The third kappa shape index (κ3) is 3.44. The van der Waals surface area contributed by atoms with Crippen molar-refractivity contribution in [3.8, 4) is 5.75 Å². The van der Waals surface area contributed by atoms with Crippen LogP contribution in [0.25, 0.3) is 0 Å². The van der Waals surface area contributed by atoms with Gasteiger partial charge in [-0.3, -0.25) is 0 Å². The van der Waals surface area contributed by atoms with Gasteiger partial charge in [-0.2, -0.15) is 0 Å². The van der Waals surface area contributed by atoms with Crippen LogP contribution >= 0.6 is 15.9 Å². The molecule has 0 saturated heterocycles. The van der Waals surface area contributed by atoms with E-state index in [0.29, 0.717) is 17.0 Å². The van der Waals surface area contributed by atoms with E-state index < -0.39 is 0 Å². The van der Waals surface area contributed by atoms with Crippen LogP contribution in [0.5, 0.6) is 5.75 Å². The van der Waals surface area contributed by atoms with E-state index in [1.54, 1.807) is 24.3 Å². The van der Waals surface area contributed by atoms with Crippen molar-refractivity contribution in [3.05, 3.63) is 58.1 Å². The molecule has 0 heterocycles. The summed E-state index contributed by atoms with van der Waals surface area (Å²) in [4.78, 5) is 0. The zero-order valence-electron chi connectivity index (χ0n) is 10.2. The monoisotopic (exact) mass is 327 g/mol. The second-order valence-electron chi connectivity index (χ2n) is 3.94. The van der Waals surface area contributed by atoms with Gasteiger partial charge < -0.3 is 10.1 Å². The molecule has 0 saturated carbocycles. The van der Waals surface area contributed by atoms with E-state index >= 15 is 0 Å². The lowest BCUT2D eigenvalue weighted by atomic mass is 10.2. The van der Waals surface area contributed by atoms with Crippen LogP contribution in [-0.4, -0.2) is 7.11 Å². The summed E-state index contributed by atoms with van der Waals surface area (Å²) in [6.07, 6.45) is 0. The average molecular weight is 328 g/mol. The van der Waals surface area contributed by atoms with Gasteiger partial charge in [0.05, 0.1) is 12.8 Å². The van der Waals surface area contributed by atoms with Crippen molar-refractivity contribution >= 4 is 21.6 Å². The van der Waals surface area contributed by atoms with E-state index in [4.69, 9.17) is 4.74 Å². The first kappa shape index (κ1) is 13.8. The summed E-state index contributed by atoms with van der Waals surface area (Å²) in [5, 5.41) is 2.86. The third-order valence-electron chi connectivity index (χ3n) is 2.66. The van der Waals surface area contributed by atoms with Gasteiger partial charge >= 0.3 is 0 Å². The second kappa shape index (κ2) is 6.02. The van der Waals surface area contributed by atoms with Crippen LogP contribution in [0.2, 0.25) is 0 Å². The fraction of sp³-hybridized carbons (Fsp3) is 0.143. The Bertz CT molecular complexity index is 590. The number of rotatable bonds is 4. The number of methoxy groups -OCH3 is 1. The van der Waals surface area contributed by atoms with Gasteiger partial charge in [0.1, 0.15) is 17.4 Å². The number of hydrogen-bond donors (Lipinski definition) is 1. The number of anilines is 1. The Hall–Kier alpha value is -1.62. The normalized spacial score (nSPS) is 10.3. The first-order chi connectivity index (χ1) is 9.10. The standard InChI is InChI=1S/C14H12BrF2NO/c1-19-11-4-2-9(13(17)7-11)8-18-14-6-10(15)3-5-12(14)16/h2-7,18H,8H2,1H3. The summed E-state index contributed by atoms with van der Waals surface area (Å²) in [6, 6.07) is 9.13. The first-order valence-electron chi connectivity index (χ1n) is 5.61. The van der Waals surface area contributed by atoms with Crippen LogP contribution in [0.3, 0.4) is 0 Å². The van der Waals surface area contributed by atoms with Crippen molar-refractivity contribution in [2.45, 2.75) is 6.54 Å². The van der Waals surface area contributed by atoms with Gasteiger partial charge in [0.15, 0.2) is 0 Å². The Morgan fingerprint density at radius 1 is 1.11 bits per heavy atom. The lowest BCUT2D eigenvalue weighted by molar-refractivity contribution is 0.411. The SMILES string of the molecule is COc1ccc(CNc2cc(Br)ccc2F)c(F)c1. The predicted molar refractivity (Wildman–Crippen MR) is 74.4 cm³/mol. The largest absolute Gasteiger partial charge is 0.497 e. The topological polar surface area (TPSA) is 21.3 Å². The van der Waals surface area contributed by atoms with Crippen LogP contribution in [0.1, 0.15) is 5.56 Å². The van der Waals surface area contributed by atoms with Crippen LogP contribution < -0.4 is 10.1 Å². The molecule has 0 unspecified atom stereocenters. The van der Waals surface area contributed by atoms with E-state index in [9.17, 15) is 8.78 Å². The molecule has 0 atom stereocenters. The van der Waals surface area contributed by atoms with Gasteiger partial charge in [-0.15, -0.1) is 0 Å². The fourth-order valence-corrected chi connectivity index (χ4v) is 1.98. The molecule has 100 valence electrons. The lowest BCUT2D eigenvalue weighted by Gasteiger charge is -2.09. The van der Waals surface area contributed by atoms with Gasteiger partial charge in [0.2, 0.25) is 0 Å². The van der Waals surface area contributed by atoms with Crippen LogP contribution in [0.4, 0.5) is 14.5 Å². The van der Waals surface area contributed by atoms with E-state index in [2.05, 4.69) is 21.2 Å². The van der Waals surface area contributed by atoms with Crippen LogP contribution in [0.15, 0.2) is 40.9 Å². The highest BCUT2D eigenvalue weighted by Crippen LogP contribution is 2.22. The number of hydrogen-bond acceptors (Lipinski definition) is 2. The average Bonchev–Trinajstić information content (AvgIpc) is 2.40. The molecule has 0 bridgehead atoms. The Morgan fingerprint density at radius 2 is 1.89 bits per heavy atom. The van der Waals surface area contributed by atoms with E-state index in [0.717, 1.165) is 4.47 Å². The minimum atomic E-state index is -0.387. The number of nitrogens with one attached hydrogen (secondary N) is 1. The summed E-state index contributed by atoms with van der Waals surface area (Å²) in [6.45, 7) is 0.198. The molecule has 0 radical (unpaired) electrons. The van der Waals surface area contributed by atoms with Crippen molar-refractivity contribution in [2.24, 2.45) is 0 Å². The molecule has 2 rings (SSSR count). The zero-order valence-corrected chi connectivity index (χ0v) is 11.8. The molecule has 2 aromatic carbocycles. The molecule has 0 aromatic heterocycles. The molecule has 0 spiro atoms. The van der Waals surface area contributed by atoms with Gasteiger partial charge in [0, 0.05) is 22.6 Å². The van der Waals surface area contributed by atoms with Gasteiger partial charge in [0.25, 0.3) is 0 Å². The van der Waals surface area contributed by atoms with E-state index in [-0.39, 0.29) is 18.2 Å². The first-order valence-corrected chi connectivity index (χ1v) is 6.41. The molecule has 5 heteroatoms. The predicted octanol–water partition coefficient (Wildman–Crippen LogP) is 4.35. The summed E-state index contributed by atoms with van der Waals surface area (Å²) in [7, 11) is 1.48. The molecular weight excluding hydrogens is 316 g/mol. The van der Waals surface area contributed by atoms with Crippen LogP contribution in [0, 0.1) is 11.6 Å². The molecule has 0 fully saturated rings. The minimum absolute atomic E-state index is 0.198. The Morgan fingerprint density at radius 3 is 2.58 bits per heavy atom.